The van der Waals surface area contributed by atoms with Crippen molar-refractivity contribution in [2.45, 2.75) is 38.6 Å². The van der Waals surface area contributed by atoms with Gasteiger partial charge in [0.25, 0.3) is 0 Å². The predicted octanol–water partition coefficient (Wildman–Crippen LogP) is 2.19. The largest absolute Gasteiger partial charge is 0.372 e. The summed E-state index contributed by atoms with van der Waals surface area (Å²) in [4.78, 5) is 13.8. The lowest BCUT2D eigenvalue weighted by Crippen LogP contribution is -2.45. The molecule has 0 N–H and O–H groups in total. The smallest absolute Gasteiger partial charge is 0.248 e. The van der Waals surface area contributed by atoms with Gasteiger partial charge in [-0.3, -0.25) is 4.79 Å². The molecule has 0 aliphatic carbocycles. The molecule has 1 amide bonds. The quantitative estimate of drug-likeness (QED) is 0.721. The second-order valence-electron chi connectivity index (χ2n) is 3.85. The number of nitrogens with zero attached hydrogens (tertiary/aromatic N) is 1. The van der Waals surface area contributed by atoms with Gasteiger partial charge in [-0.25, -0.2) is 0 Å². The van der Waals surface area contributed by atoms with Crippen molar-refractivity contribution < 1.29 is 9.53 Å². The van der Waals surface area contributed by atoms with E-state index in [9.17, 15) is 4.79 Å². The molecule has 1 atom stereocenters. The van der Waals surface area contributed by atoms with Crippen LogP contribution in [0.4, 0.5) is 0 Å². The fraction of sp³-hybridized carbons (Fsp3) is 0.909. The van der Waals surface area contributed by atoms with Gasteiger partial charge in [-0.05, 0) is 32.6 Å². The number of halogens is 1. The summed E-state index contributed by atoms with van der Waals surface area (Å²) in [6.45, 7) is 3.68. The van der Waals surface area contributed by atoms with Crippen LogP contribution in [0.5, 0.6) is 0 Å². The Morgan fingerprint density at radius 3 is 3.00 bits per heavy atom. The molecule has 3 nitrogen and oxygen atoms in total. The normalized spacial score (nSPS) is 21.7. The van der Waals surface area contributed by atoms with Gasteiger partial charge < -0.3 is 9.64 Å². The molecule has 15 heavy (non-hydrogen) atoms. The van der Waals surface area contributed by atoms with Crippen molar-refractivity contribution in [3.05, 3.63) is 0 Å². The molecule has 1 unspecified atom stereocenters. The summed E-state index contributed by atoms with van der Waals surface area (Å²) in [5.74, 6) is 0.155. The highest BCUT2D eigenvalue weighted by Gasteiger charge is 2.25. The molecule has 0 bridgehead atoms. The molecular formula is C11H20BrNO2. The van der Waals surface area contributed by atoms with Crippen molar-refractivity contribution in [3.63, 3.8) is 0 Å². The summed E-state index contributed by atoms with van der Waals surface area (Å²) in [7, 11) is 0. The van der Waals surface area contributed by atoms with Gasteiger partial charge in [0, 0.05) is 24.5 Å². The average Bonchev–Trinajstić information content (AvgIpc) is 2.27. The van der Waals surface area contributed by atoms with E-state index in [4.69, 9.17) is 4.74 Å². The fourth-order valence-electron chi connectivity index (χ4n) is 2.03. The molecule has 0 spiro atoms. The molecule has 4 heteroatoms. The molecular weight excluding hydrogens is 258 g/mol. The highest BCUT2D eigenvalue weighted by Crippen LogP contribution is 2.20. The molecule has 0 aromatic rings. The molecule has 0 aromatic heterocycles. The number of carbonyl (C=O) groups is 1. The Morgan fingerprint density at radius 1 is 1.53 bits per heavy atom. The van der Waals surface area contributed by atoms with E-state index in [2.05, 4.69) is 15.9 Å². The van der Waals surface area contributed by atoms with Crippen molar-refractivity contribution in [1.82, 2.24) is 4.90 Å². The summed E-state index contributed by atoms with van der Waals surface area (Å²) in [6, 6.07) is 0.422. The van der Waals surface area contributed by atoms with Crippen LogP contribution < -0.4 is 0 Å². The van der Waals surface area contributed by atoms with Crippen molar-refractivity contribution >= 4 is 21.8 Å². The zero-order valence-corrected chi connectivity index (χ0v) is 11.0. The minimum atomic E-state index is 0.155. The van der Waals surface area contributed by atoms with E-state index >= 15 is 0 Å². The Hall–Kier alpha value is -0.0900. The maximum Gasteiger partial charge on any atom is 0.248 e. The van der Waals surface area contributed by atoms with Crippen LogP contribution in [0.1, 0.15) is 32.6 Å². The van der Waals surface area contributed by atoms with Crippen molar-refractivity contribution in [2.75, 3.05) is 25.1 Å². The van der Waals surface area contributed by atoms with Gasteiger partial charge in [-0.15, -0.1) is 0 Å². The second kappa shape index (κ2) is 7.23. The first-order valence-electron chi connectivity index (χ1n) is 5.72. The fourth-order valence-corrected chi connectivity index (χ4v) is 2.56. The Bertz CT molecular complexity index is 197. The third-order valence-corrected chi connectivity index (χ3v) is 3.28. The first-order valence-corrected chi connectivity index (χ1v) is 6.85. The lowest BCUT2D eigenvalue weighted by molar-refractivity contribution is -0.139. The van der Waals surface area contributed by atoms with Crippen LogP contribution >= 0.6 is 15.9 Å². The number of amides is 1. The Balaban J connectivity index is 2.43. The van der Waals surface area contributed by atoms with Crippen LogP contribution in [0.3, 0.4) is 0 Å². The number of likely N-dealkylation sites (tertiary alicyclic amines) is 1. The highest BCUT2D eigenvalue weighted by atomic mass is 79.9. The van der Waals surface area contributed by atoms with E-state index in [-0.39, 0.29) is 12.5 Å². The minimum Gasteiger partial charge on any atom is -0.372 e. The predicted molar refractivity (Wildman–Crippen MR) is 64.3 cm³/mol. The molecule has 1 heterocycles. The first kappa shape index (κ1) is 13.0. The van der Waals surface area contributed by atoms with Crippen LogP contribution in [0.15, 0.2) is 0 Å². The number of rotatable bonds is 5. The minimum absolute atomic E-state index is 0.155. The van der Waals surface area contributed by atoms with Crippen LogP contribution in [-0.2, 0) is 9.53 Å². The number of ether oxygens (including phenoxy) is 1. The van der Waals surface area contributed by atoms with E-state index in [1.807, 2.05) is 11.8 Å². The van der Waals surface area contributed by atoms with E-state index in [0.29, 0.717) is 12.6 Å². The van der Waals surface area contributed by atoms with Crippen LogP contribution in [0.2, 0.25) is 0 Å². The van der Waals surface area contributed by atoms with E-state index < -0.39 is 0 Å². The lowest BCUT2D eigenvalue weighted by Gasteiger charge is -2.35. The molecule has 1 fully saturated rings. The van der Waals surface area contributed by atoms with Crippen molar-refractivity contribution in [2.24, 2.45) is 0 Å². The number of alkyl halides is 1. The van der Waals surface area contributed by atoms with Crippen LogP contribution in [0.25, 0.3) is 0 Å². The monoisotopic (exact) mass is 277 g/mol. The van der Waals surface area contributed by atoms with Crippen molar-refractivity contribution in [3.8, 4) is 0 Å². The van der Waals surface area contributed by atoms with Gasteiger partial charge in [-0.2, -0.15) is 0 Å². The average molecular weight is 278 g/mol. The molecule has 1 aliphatic heterocycles. The van der Waals surface area contributed by atoms with Gasteiger partial charge in [0.1, 0.15) is 6.61 Å². The molecule has 88 valence electrons. The molecule has 1 saturated heterocycles. The van der Waals surface area contributed by atoms with Gasteiger partial charge in [-0.1, -0.05) is 15.9 Å². The number of carbonyl (C=O) groups excluding carboxylic acids is 1. The summed E-state index contributed by atoms with van der Waals surface area (Å²) in [5.41, 5.74) is 0. The molecule has 1 rings (SSSR count). The Morgan fingerprint density at radius 2 is 2.33 bits per heavy atom. The molecule has 0 saturated carbocycles. The number of hydrogen-bond donors (Lipinski definition) is 0. The zero-order chi connectivity index (χ0) is 11.1. The van der Waals surface area contributed by atoms with Crippen LogP contribution in [0, 0.1) is 0 Å². The van der Waals surface area contributed by atoms with Gasteiger partial charge in [0.15, 0.2) is 0 Å². The summed E-state index contributed by atoms with van der Waals surface area (Å²) < 4.78 is 5.17. The maximum atomic E-state index is 11.8. The maximum absolute atomic E-state index is 11.8. The molecule has 1 aliphatic rings. The number of piperidine rings is 1. The molecule has 0 aromatic carbocycles. The van der Waals surface area contributed by atoms with Gasteiger partial charge in [0.05, 0.1) is 0 Å². The van der Waals surface area contributed by atoms with Gasteiger partial charge in [0.2, 0.25) is 5.91 Å². The lowest BCUT2D eigenvalue weighted by atomic mass is 10.00. The summed E-state index contributed by atoms with van der Waals surface area (Å²) in [5, 5.41) is 0.968. The SMILES string of the molecule is CCOCC(=O)N1CCCCC1CCBr. The second-order valence-corrected chi connectivity index (χ2v) is 4.64. The number of hydrogen-bond acceptors (Lipinski definition) is 2. The van der Waals surface area contributed by atoms with E-state index in [1.54, 1.807) is 0 Å². The highest BCUT2D eigenvalue weighted by molar-refractivity contribution is 9.09. The Labute approximate surface area is 100 Å². The standard InChI is InChI=1S/C11H20BrNO2/c1-2-15-9-11(14)13-8-4-3-5-10(13)6-7-12/h10H,2-9H2,1H3. The summed E-state index contributed by atoms with van der Waals surface area (Å²) in [6.07, 6.45) is 4.58. The van der Waals surface area contributed by atoms with Gasteiger partial charge >= 0.3 is 0 Å². The third-order valence-electron chi connectivity index (χ3n) is 2.82. The van der Waals surface area contributed by atoms with E-state index in [1.165, 1.54) is 6.42 Å². The van der Waals surface area contributed by atoms with E-state index in [0.717, 1.165) is 31.1 Å². The first-order chi connectivity index (χ1) is 7.29. The van der Waals surface area contributed by atoms with Crippen molar-refractivity contribution in [1.29, 1.82) is 0 Å². The third kappa shape index (κ3) is 4.11. The summed E-state index contributed by atoms with van der Waals surface area (Å²) >= 11 is 3.44. The topological polar surface area (TPSA) is 29.5 Å². The Kier molecular flexibility index (Phi) is 6.25. The molecule has 0 radical (unpaired) electrons. The van der Waals surface area contributed by atoms with Crippen LogP contribution in [-0.4, -0.2) is 41.9 Å². The zero-order valence-electron chi connectivity index (χ0n) is 9.38.